The molecule has 1 aromatic carbocycles. The topological polar surface area (TPSA) is 30.5 Å². The molecule has 106 valence electrons. The molecule has 0 aliphatic heterocycles. The number of rotatable bonds is 10. The highest BCUT2D eigenvalue weighted by molar-refractivity contribution is 5.28. The van der Waals surface area contributed by atoms with Crippen molar-refractivity contribution in [2.45, 2.75) is 32.7 Å². The van der Waals surface area contributed by atoms with Crippen molar-refractivity contribution in [1.82, 2.24) is 5.32 Å². The van der Waals surface area contributed by atoms with Gasteiger partial charge in [-0.3, -0.25) is 0 Å². The predicted molar refractivity (Wildman–Crippen MR) is 77.5 cm³/mol. The Morgan fingerprint density at radius 3 is 2.89 bits per heavy atom. The second-order valence-corrected chi connectivity index (χ2v) is 5.12. The lowest BCUT2D eigenvalue weighted by Crippen LogP contribution is -2.12. The molecule has 0 bridgehead atoms. The molecule has 3 heteroatoms. The van der Waals surface area contributed by atoms with E-state index in [1.54, 1.807) is 0 Å². The van der Waals surface area contributed by atoms with Crippen LogP contribution in [0.5, 0.6) is 5.75 Å². The third-order valence-corrected chi connectivity index (χ3v) is 3.34. The van der Waals surface area contributed by atoms with Crippen LogP contribution in [0.15, 0.2) is 24.3 Å². The predicted octanol–water partition coefficient (Wildman–Crippen LogP) is 2.99. The minimum atomic E-state index is 0.634. The lowest BCUT2D eigenvalue weighted by Gasteiger charge is -2.09. The van der Waals surface area contributed by atoms with Crippen LogP contribution in [-0.2, 0) is 11.3 Å². The van der Waals surface area contributed by atoms with E-state index in [0.29, 0.717) is 13.2 Å². The average molecular weight is 263 g/mol. The maximum Gasteiger partial charge on any atom is 0.119 e. The van der Waals surface area contributed by atoms with Crippen LogP contribution in [-0.4, -0.2) is 26.4 Å². The summed E-state index contributed by atoms with van der Waals surface area (Å²) >= 11 is 0. The fraction of sp³-hybridized carbons (Fsp3) is 0.625. The third kappa shape index (κ3) is 6.08. The Hall–Kier alpha value is -1.06. The fourth-order valence-electron chi connectivity index (χ4n) is 1.99. The van der Waals surface area contributed by atoms with Crippen molar-refractivity contribution in [1.29, 1.82) is 0 Å². The number of ether oxygens (including phenoxy) is 2. The van der Waals surface area contributed by atoms with Crippen molar-refractivity contribution in [2.24, 2.45) is 5.92 Å². The molecule has 0 heterocycles. The quantitative estimate of drug-likeness (QED) is 0.658. The van der Waals surface area contributed by atoms with Crippen LogP contribution >= 0.6 is 0 Å². The Balaban J connectivity index is 1.58. The minimum Gasteiger partial charge on any atom is -0.491 e. The van der Waals surface area contributed by atoms with E-state index in [2.05, 4.69) is 24.4 Å². The molecule has 1 aliphatic carbocycles. The summed E-state index contributed by atoms with van der Waals surface area (Å²) in [5.74, 6) is 1.88. The van der Waals surface area contributed by atoms with Crippen molar-refractivity contribution in [3.05, 3.63) is 29.8 Å². The van der Waals surface area contributed by atoms with E-state index >= 15 is 0 Å². The van der Waals surface area contributed by atoms with Gasteiger partial charge in [-0.05, 0) is 36.6 Å². The van der Waals surface area contributed by atoms with Crippen molar-refractivity contribution in [2.75, 3.05) is 26.4 Å². The van der Waals surface area contributed by atoms with Gasteiger partial charge in [0.15, 0.2) is 0 Å². The lowest BCUT2D eigenvalue weighted by atomic mass is 10.2. The molecule has 1 aromatic rings. The van der Waals surface area contributed by atoms with Crippen LogP contribution < -0.4 is 10.1 Å². The zero-order valence-corrected chi connectivity index (χ0v) is 11.9. The zero-order valence-electron chi connectivity index (χ0n) is 11.9. The van der Waals surface area contributed by atoms with Crippen LogP contribution in [0, 0.1) is 5.92 Å². The highest BCUT2D eigenvalue weighted by Crippen LogP contribution is 2.32. The monoisotopic (exact) mass is 263 g/mol. The molecule has 2 rings (SSSR count). The molecule has 0 aromatic heterocycles. The Labute approximate surface area is 116 Å². The van der Waals surface area contributed by atoms with Gasteiger partial charge in [-0.15, -0.1) is 0 Å². The molecular weight excluding hydrogens is 238 g/mol. The van der Waals surface area contributed by atoms with Crippen molar-refractivity contribution in [3.8, 4) is 5.75 Å². The molecule has 19 heavy (non-hydrogen) atoms. The van der Waals surface area contributed by atoms with Crippen LogP contribution in [0.4, 0.5) is 0 Å². The Morgan fingerprint density at radius 1 is 1.21 bits per heavy atom. The van der Waals surface area contributed by atoms with Gasteiger partial charge in [-0.1, -0.05) is 31.9 Å². The maximum atomic E-state index is 5.70. The van der Waals surface area contributed by atoms with Gasteiger partial charge >= 0.3 is 0 Å². The molecule has 0 atom stereocenters. The lowest BCUT2D eigenvalue weighted by molar-refractivity contribution is 0.0958. The first-order valence-electron chi connectivity index (χ1n) is 7.38. The molecule has 1 N–H and O–H groups in total. The number of nitrogens with one attached hydrogen (secondary N) is 1. The van der Waals surface area contributed by atoms with Crippen LogP contribution in [0.2, 0.25) is 0 Å². The standard InChI is InChI=1S/C16H25NO2/c1-2-17-13-15-4-3-5-16(12-15)19-11-10-18-9-8-14-6-7-14/h3-5,12,14,17H,2,6-11,13H2,1H3. The number of hydrogen-bond donors (Lipinski definition) is 1. The zero-order chi connectivity index (χ0) is 13.3. The maximum absolute atomic E-state index is 5.70. The van der Waals surface area contributed by atoms with Crippen LogP contribution in [0.25, 0.3) is 0 Å². The summed E-state index contributed by atoms with van der Waals surface area (Å²) in [5.41, 5.74) is 1.26. The van der Waals surface area contributed by atoms with Gasteiger partial charge < -0.3 is 14.8 Å². The molecule has 0 saturated heterocycles. The molecule has 1 fully saturated rings. The first kappa shape index (κ1) is 14.4. The summed E-state index contributed by atoms with van der Waals surface area (Å²) in [6, 6.07) is 8.24. The summed E-state index contributed by atoms with van der Waals surface area (Å²) in [6.07, 6.45) is 4.02. The van der Waals surface area contributed by atoms with Crippen molar-refractivity contribution < 1.29 is 9.47 Å². The number of hydrogen-bond acceptors (Lipinski definition) is 3. The van der Waals surface area contributed by atoms with E-state index in [1.807, 2.05) is 12.1 Å². The molecule has 0 unspecified atom stereocenters. The van der Waals surface area contributed by atoms with E-state index in [0.717, 1.165) is 31.4 Å². The van der Waals surface area contributed by atoms with E-state index < -0.39 is 0 Å². The Bertz CT molecular complexity index is 364. The normalized spacial score (nSPS) is 14.6. The van der Waals surface area contributed by atoms with Gasteiger partial charge in [0, 0.05) is 13.2 Å². The first-order valence-corrected chi connectivity index (χ1v) is 7.38. The second kappa shape index (κ2) is 8.18. The molecule has 3 nitrogen and oxygen atoms in total. The van der Waals surface area contributed by atoms with E-state index in [4.69, 9.17) is 9.47 Å². The van der Waals surface area contributed by atoms with E-state index in [-0.39, 0.29) is 0 Å². The summed E-state index contributed by atoms with van der Waals surface area (Å²) in [7, 11) is 0. The highest BCUT2D eigenvalue weighted by Gasteiger charge is 2.20. The van der Waals surface area contributed by atoms with Crippen molar-refractivity contribution >= 4 is 0 Å². The second-order valence-electron chi connectivity index (χ2n) is 5.12. The van der Waals surface area contributed by atoms with E-state index in [9.17, 15) is 0 Å². The molecular formula is C16H25NO2. The molecule has 0 radical (unpaired) electrons. The van der Waals surface area contributed by atoms with Gasteiger partial charge in [0.2, 0.25) is 0 Å². The minimum absolute atomic E-state index is 0.634. The summed E-state index contributed by atoms with van der Waals surface area (Å²) in [4.78, 5) is 0. The van der Waals surface area contributed by atoms with E-state index in [1.165, 1.54) is 24.8 Å². The summed E-state index contributed by atoms with van der Waals surface area (Å²) < 4.78 is 11.3. The molecule has 0 spiro atoms. The smallest absolute Gasteiger partial charge is 0.119 e. The Kier molecular flexibility index (Phi) is 6.18. The average Bonchev–Trinajstić information content (AvgIpc) is 3.25. The van der Waals surface area contributed by atoms with Crippen molar-refractivity contribution in [3.63, 3.8) is 0 Å². The number of benzene rings is 1. The molecule has 1 aliphatic rings. The first-order chi connectivity index (χ1) is 9.38. The van der Waals surface area contributed by atoms with Gasteiger partial charge in [0.05, 0.1) is 6.61 Å². The van der Waals surface area contributed by atoms with Crippen LogP contribution in [0.3, 0.4) is 0 Å². The van der Waals surface area contributed by atoms with Gasteiger partial charge in [0.25, 0.3) is 0 Å². The molecule has 1 saturated carbocycles. The Morgan fingerprint density at radius 2 is 2.11 bits per heavy atom. The third-order valence-electron chi connectivity index (χ3n) is 3.34. The molecule has 0 amide bonds. The largest absolute Gasteiger partial charge is 0.491 e. The summed E-state index contributed by atoms with van der Waals surface area (Å²) in [5, 5.41) is 3.31. The van der Waals surface area contributed by atoms with Gasteiger partial charge in [-0.25, -0.2) is 0 Å². The van der Waals surface area contributed by atoms with Gasteiger partial charge in [-0.2, -0.15) is 0 Å². The highest BCUT2D eigenvalue weighted by atomic mass is 16.5. The fourth-order valence-corrected chi connectivity index (χ4v) is 1.99. The summed E-state index contributed by atoms with van der Waals surface area (Å²) in [6.45, 7) is 6.19. The van der Waals surface area contributed by atoms with Gasteiger partial charge in [0.1, 0.15) is 12.4 Å². The SMILES string of the molecule is CCNCc1cccc(OCCOCCC2CC2)c1. The van der Waals surface area contributed by atoms with Crippen LogP contribution in [0.1, 0.15) is 31.7 Å².